The minimum atomic E-state index is -4.42. The molecule has 0 aromatic heterocycles. The van der Waals surface area contributed by atoms with Crippen LogP contribution in [-0.2, 0) is 10.1 Å². The Hall–Kier alpha value is 0.01000. The van der Waals surface area contributed by atoms with Gasteiger partial charge in [0.2, 0.25) is 0 Å². The number of hydrogen-bond acceptors (Lipinski definition) is 4. The lowest BCUT2D eigenvalue weighted by atomic mass is 9.82. The lowest BCUT2D eigenvalue weighted by molar-refractivity contribution is 0.0733. The summed E-state index contributed by atoms with van der Waals surface area (Å²) < 4.78 is 43.6. The molecular formula is C23H23I3O5S. The van der Waals surface area contributed by atoms with Crippen molar-refractivity contribution in [1.82, 2.24) is 0 Å². The van der Waals surface area contributed by atoms with Crippen molar-refractivity contribution in [1.29, 1.82) is 0 Å². The molecule has 3 atom stereocenters. The SMILES string of the molecule is CC(C)c1cc(OC(=O)c2cc(I)cc(I)c2I)cc(C2CC3CCC2C3)c1S(=O)(=O)O. The van der Waals surface area contributed by atoms with E-state index in [4.69, 9.17) is 4.74 Å². The van der Waals surface area contributed by atoms with Gasteiger partial charge >= 0.3 is 5.97 Å². The molecule has 32 heavy (non-hydrogen) atoms. The van der Waals surface area contributed by atoms with Crippen LogP contribution < -0.4 is 4.74 Å². The molecule has 0 amide bonds. The molecule has 0 spiro atoms. The third-order valence-electron chi connectivity index (χ3n) is 6.56. The second-order valence-electron chi connectivity index (χ2n) is 8.98. The Morgan fingerprint density at radius 3 is 2.38 bits per heavy atom. The third-order valence-corrected chi connectivity index (χ3v) is 11.2. The fraction of sp³-hybridized carbons (Fsp3) is 0.435. The summed E-state index contributed by atoms with van der Waals surface area (Å²) in [5.41, 5.74) is 1.57. The Bertz CT molecular complexity index is 1190. The molecular weight excluding hydrogens is 769 g/mol. The molecule has 172 valence electrons. The van der Waals surface area contributed by atoms with E-state index in [2.05, 4.69) is 67.8 Å². The first-order valence-corrected chi connectivity index (χ1v) is 15.1. The molecule has 2 saturated carbocycles. The van der Waals surface area contributed by atoms with Crippen LogP contribution in [0.15, 0.2) is 29.2 Å². The molecule has 4 rings (SSSR count). The van der Waals surface area contributed by atoms with Gasteiger partial charge < -0.3 is 4.74 Å². The van der Waals surface area contributed by atoms with E-state index >= 15 is 0 Å². The summed E-state index contributed by atoms with van der Waals surface area (Å²) in [6, 6.07) is 7.04. The van der Waals surface area contributed by atoms with Gasteiger partial charge in [0, 0.05) is 10.7 Å². The van der Waals surface area contributed by atoms with Crippen LogP contribution in [-0.4, -0.2) is 18.9 Å². The zero-order valence-electron chi connectivity index (χ0n) is 17.6. The summed E-state index contributed by atoms with van der Waals surface area (Å²) >= 11 is 6.50. The first kappa shape index (κ1) is 25.1. The molecule has 3 unspecified atom stereocenters. The Labute approximate surface area is 229 Å². The van der Waals surface area contributed by atoms with Gasteiger partial charge in [0.05, 0.1) is 5.56 Å². The van der Waals surface area contributed by atoms with E-state index < -0.39 is 16.1 Å². The van der Waals surface area contributed by atoms with Crippen molar-refractivity contribution < 1.29 is 22.5 Å². The van der Waals surface area contributed by atoms with E-state index in [0.717, 1.165) is 30.0 Å². The molecule has 5 nitrogen and oxygen atoms in total. The fourth-order valence-electron chi connectivity index (χ4n) is 5.20. The fourth-order valence-corrected chi connectivity index (χ4v) is 8.68. The van der Waals surface area contributed by atoms with E-state index in [0.29, 0.717) is 34.3 Å². The molecule has 0 heterocycles. The Morgan fingerprint density at radius 2 is 1.81 bits per heavy atom. The monoisotopic (exact) mass is 792 g/mol. The number of esters is 1. The van der Waals surface area contributed by atoms with Gasteiger partial charge in [-0.15, -0.1) is 0 Å². The van der Waals surface area contributed by atoms with E-state index in [1.54, 1.807) is 18.2 Å². The van der Waals surface area contributed by atoms with Crippen molar-refractivity contribution in [2.45, 2.75) is 56.3 Å². The van der Waals surface area contributed by atoms with E-state index in [-0.39, 0.29) is 16.7 Å². The molecule has 0 aliphatic heterocycles. The van der Waals surface area contributed by atoms with Gasteiger partial charge in [0.1, 0.15) is 10.6 Å². The standard InChI is InChI=1S/C23H23I3O5S/c1-11(2)16-9-15(31-23(27)19-7-14(24)8-20(25)21(19)26)10-18(22(16)32(28,29)30)17-6-12-3-4-13(17)5-12/h7-13,17H,3-6H2,1-2H3,(H,28,29,30). The Kier molecular flexibility index (Phi) is 7.51. The van der Waals surface area contributed by atoms with E-state index in [1.165, 1.54) is 6.42 Å². The van der Waals surface area contributed by atoms with Crippen molar-refractivity contribution in [3.63, 3.8) is 0 Å². The molecule has 9 heteroatoms. The van der Waals surface area contributed by atoms with Gasteiger partial charge in [-0.3, -0.25) is 4.55 Å². The highest BCUT2D eigenvalue weighted by Crippen LogP contribution is 2.55. The molecule has 2 bridgehead atoms. The molecule has 0 saturated heterocycles. The van der Waals surface area contributed by atoms with Crippen LogP contribution in [0.5, 0.6) is 5.75 Å². The van der Waals surface area contributed by atoms with Gasteiger partial charge in [0.15, 0.2) is 0 Å². The molecule has 0 radical (unpaired) electrons. The van der Waals surface area contributed by atoms with Crippen molar-refractivity contribution >= 4 is 83.9 Å². The average Bonchev–Trinajstić information content (AvgIpc) is 3.32. The number of rotatable bonds is 5. The van der Waals surface area contributed by atoms with Crippen LogP contribution in [0.4, 0.5) is 0 Å². The second-order valence-corrected chi connectivity index (χ2v) is 13.8. The smallest absolute Gasteiger partial charge is 0.344 e. The zero-order valence-corrected chi connectivity index (χ0v) is 24.9. The number of fused-ring (bicyclic) bond motifs is 2. The average molecular weight is 792 g/mol. The van der Waals surface area contributed by atoms with Crippen LogP contribution in [0.25, 0.3) is 0 Å². The van der Waals surface area contributed by atoms with E-state index in [9.17, 15) is 17.8 Å². The number of ether oxygens (including phenoxy) is 1. The summed E-state index contributed by atoms with van der Waals surface area (Å²) in [6.07, 6.45) is 4.25. The summed E-state index contributed by atoms with van der Waals surface area (Å²) in [4.78, 5) is 13.1. The molecule has 2 aromatic rings. The highest BCUT2D eigenvalue weighted by molar-refractivity contribution is 14.1. The van der Waals surface area contributed by atoms with Gasteiger partial charge in [-0.2, -0.15) is 8.42 Å². The van der Waals surface area contributed by atoms with Gasteiger partial charge in [-0.05, 0) is 146 Å². The summed E-state index contributed by atoms with van der Waals surface area (Å²) in [6.45, 7) is 3.76. The highest BCUT2D eigenvalue weighted by Gasteiger charge is 2.43. The summed E-state index contributed by atoms with van der Waals surface area (Å²) in [7, 11) is -4.42. The summed E-state index contributed by atoms with van der Waals surface area (Å²) in [5, 5.41) is 0. The lowest BCUT2D eigenvalue weighted by Gasteiger charge is -2.26. The van der Waals surface area contributed by atoms with Crippen LogP contribution in [0.3, 0.4) is 0 Å². The molecule has 2 aliphatic carbocycles. The molecule has 1 N–H and O–H groups in total. The first-order chi connectivity index (χ1) is 15.0. The topological polar surface area (TPSA) is 80.7 Å². The quantitative estimate of drug-likeness (QED) is 0.116. The van der Waals surface area contributed by atoms with Crippen molar-refractivity contribution in [2.24, 2.45) is 11.8 Å². The Morgan fingerprint density at radius 1 is 1.09 bits per heavy atom. The number of halogens is 3. The largest absolute Gasteiger partial charge is 0.423 e. The number of hydrogen-bond donors (Lipinski definition) is 1. The zero-order chi connectivity index (χ0) is 23.4. The highest BCUT2D eigenvalue weighted by atomic mass is 127. The van der Waals surface area contributed by atoms with Gasteiger partial charge in [-0.25, -0.2) is 4.79 Å². The first-order valence-electron chi connectivity index (χ1n) is 10.5. The van der Waals surface area contributed by atoms with Crippen LogP contribution in [0.1, 0.15) is 72.9 Å². The maximum absolute atomic E-state index is 13.1. The molecule has 2 aromatic carbocycles. The number of benzene rings is 2. The number of carbonyl (C=O) groups excluding carboxylic acids is 1. The predicted octanol–water partition coefficient (Wildman–Crippen LogP) is 6.99. The predicted molar refractivity (Wildman–Crippen MR) is 148 cm³/mol. The number of carbonyl (C=O) groups is 1. The maximum Gasteiger partial charge on any atom is 0.344 e. The van der Waals surface area contributed by atoms with Crippen molar-refractivity contribution in [3.8, 4) is 5.75 Å². The second kappa shape index (κ2) is 9.57. The minimum absolute atomic E-state index is 0.00300. The van der Waals surface area contributed by atoms with Crippen LogP contribution >= 0.6 is 67.8 Å². The van der Waals surface area contributed by atoms with Crippen molar-refractivity contribution in [2.75, 3.05) is 0 Å². The maximum atomic E-state index is 13.1. The van der Waals surface area contributed by atoms with Gasteiger partial charge in [0.25, 0.3) is 10.1 Å². The summed E-state index contributed by atoms with van der Waals surface area (Å²) in [5.74, 6) is 0.752. The molecule has 2 aliphatic rings. The van der Waals surface area contributed by atoms with Crippen molar-refractivity contribution in [3.05, 3.63) is 51.7 Å². The van der Waals surface area contributed by atoms with E-state index in [1.807, 2.05) is 19.9 Å². The normalized spacial score (nSPS) is 22.5. The molecule has 2 fully saturated rings. The van der Waals surface area contributed by atoms with Crippen LogP contribution in [0, 0.1) is 22.5 Å². The lowest BCUT2D eigenvalue weighted by Crippen LogP contribution is -2.17. The van der Waals surface area contributed by atoms with Gasteiger partial charge in [-0.1, -0.05) is 20.3 Å². The Balaban J connectivity index is 1.81. The minimum Gasteiger partial charge on any atom is -0.423 e. The van der Waals surface area contributed by atoms with Crippen LogP contribution in [0.2, 0.25) is 0 Å². The third kappa shape index (κ3) is 5.01.